The SMILES string of the molecule is Cn1cc(C2CC2C(=O)Nc2cc3cc(C4CCN([C@@]5(C)COC[C@H]5F)CC4)c(Cl)cc3cn2)cn1. The Morgan fingerprint density at radius 1 is 1.22 bits per heavy atom. The fourth-order valence-electron chi connectivity index (χ4n) is 5.90. The Labute approximate surface area is 215 Å². The number of anilines is 1. The van der Waals surface area contributed by atoms with E-state index in [4.69, 9.17) is 16.3 Å². The molecule has 7 nitrogen and oxygen atoms in total. The van der Waals surface area contributed by atoms with Crippen LogP contribution in [0.4, 0.5) is 10.2 Å². The first-order chi connectivity index (χ1) is 17.3. The molecule has 3 aromatic rings. The summed E-state index contributed by atoms with van der Waals surface area (Å²) in [6, 6.07) is 6.01. The van der Waals surface area contributed by atoms with Crippen molar-refractivity contribution in [3.8, 4) is 0 Å². The van der Waals surface area contributed by atoms with E-state index in [1.54, 1.807) is 10.9 Å². The molecule has 4 heterocycles. The molecule has 1 saturated carbocycles. The topological polar surface area (TPSA) is 72.3 Å². The van der Waals surface area contributed by atoms with Crippen LogP contribution in [0.25, 0.3) is 10.8 Å². The summed E-state index contributed by atoms with van der Waals surface area (Å²) in [4.78, 5) is 19.5. The number of nitrogens with zero attached hydrogens (tertiary/aromatic N) is 4. The molecule has 0 radical (unpaired) electrons. The highest BCUT2D eigenvalue weighted by Gasteiger charge is 2.46. The zero-order valence-corrected chi connectivity index (χ0v) is 21.3. The number of carbonyl (C=O) groups excluding carboxylic acids is 1. The van der Waals surface area contributed by atoms with Gasteiger partial charge in [-0.05, 0) is 85.8 Å². The summed E-state index contributed by atoms with van der Waals surface area (Å²) in [5.74, 6) is 1.03. The van der Waals surface area contributed by atoms with Crippen molar-refractivity contribution in [1.29, 1.82) is 0 Å². The van der Waals surface area contributed by atoms with Gasteiger partial charge in [-0.15, -0.1) is 0 Å². The van der Waals surface area contributed by atoms with Gasteiger partial charge in [-0.25, -0.2) is 9.37 Å². The van der Waals surface area contributed by atoms with E-state index in [0.717, 1.165) is 59.3 Å². The van der Waals surface area contributed by atoms with Crippen molar-refractivity contribution < 1.29 is 13.9 Å². The van der Waals surface area contributed by atoms with Crippen molar-refractivity contribution in [3.63, 3.8) is 0 Å². The van der Waals surface area contributed by atoms with Gasteiger partial charge in [0.1, 0.15) is 12.0 Å². The molecular weight excluding hydrogens is 481 g/mol. The van der Waals surface area contributed by atoms with E-state index in [9.17, 15) is 9.18 Å². The number of piperidine rings is 1. The third kappa shape index (κ3) is 4.29. The summed E-state index contributed by atoms with van der Waals surface area (Å²) in [5, 5.41) is 9.88. The number of aryl methyl sites for hydroxylation is 1. The van der Waals surface area contributed by atoms with Gasteiger partial charge in [0.25, 0.3) is 0 Å². The second-order valence-electron chi connectivity index (χ2n) is 10.8. The largest absolute Gasteiger partial charge is 0.376 e. The van der Waals surface area contributed by atoms with Gasteiger partial charge in [0.2, 0.25) is 5.91 Å². The summed E-state index contributed by atoms with van der Waals surface area (Å²) >= 11 is 6.70. The van der Waals surface area contributed by atoms with Crippen molar-refractivity contribution in [1.82, 2.24) is 19.7 Å². The quantitative estimate of drug-likeness (QED) is 0.539. The maximum atomic E-state index is 14.5. The average molecular weight is 512 g/mol. The van der Waals surface area contributed by atoms with E-state index in [0.29, 0.717) is 18.3 Å². The van der Waals surface area contributed by atoms with Gasteiger partial charge >= 0.3 is 0 Å². The van der Waals surface area contributed by atoms with E-state index in [2.05, 4.69) is 26.4 Å². The number of benzene rings is 1. The van der Waals surface area contributed by atoms with Crippen molar-refractivity contribution in [2.75, 3.05) is 31.6 Å². The lowest BCUT2D eigenvalue weighted by Crippen LogP contribution is -2.55. The number of amides is 1. The highest BCUT2D eigenvalue weighted by molar-refractivity contribution is 6.32. The van der Waals surface area contributed by atoms with Crippen LogP contribution < -0.4 is 5.32 Å². The molecule has 0 spiro atoms. The number of halogens is 2. The van der Waals surface area contributed by atoms with Crippen molar-refractivity contribution in [2.24, 2.45) is 13.0 Å². The summed E-state index contributed by atoms with van der Waals surface area (Å²) in [6.45, 7) is 4.23. The predicted molar refractivity (Wildman–Crippen MR) is 137 cm³/mol. The molecule has 190 valence electrons. The van der Waals surface area contributed by atoms with Gasteiger partial charge in [-0.1, -0.05) is 11.6 Å². The first kappa shape index (κ1) is 23.8. The first-order valence-corrected chi connectivity index (χ1v) is 13.0. The minimum absolute atomic E-state index is 0.00665. The van der Waals surface area contributed by atoms with E-state index < -0.39 is 11.7 Å². The van der Waals surface area contributed by atoms with Crippen LogP contribution in [-0.2, 0) is 16.6 Å². The Bertz CT molecular complexity index is 1310. The summed E-state index contributed by atoms with van der Waals surface area (Å²) in [7, 11) is 1.88. The summed E-state index contributed by atoms with van der Waals surface area (Å²) < 4.78 is 21.7. The van der Waals surface area contributed by atoms with Gasteiger partial charge in [0, 0.05) is 35.8 Å². The molecule has 2 saturated heterocycles. The van der Waals surface area contributed by atoms with Crippen LogP contribution in [0.15, 0.2) is 36.8 Å². The highest BCUT2D eigenvalue weighted by Crippen LogP contribution is 2.48. The van der Waals surface area contributed by atoms with Crippen LogP contribution in [0.3, 0.4) is 0 Å². The fourth-order valence-corrected chi connectivity index (χ4v) is 6.22. The molecule has 36 heavy (non-hydrogen) atoms. The van der Waals surface area contributed by atoms with Gasteiger partial charge in [-0.3, -0.25) is 14.4 Å². The molecule has 9 heteroatoms. The van der Waals surface area contributed by atoms with Gasteiger partial charge in [0.05, 0.1) is 24.9 Å². The third-order valence-corrected chi connectivity index (χ3v) is 8.69. The van der Waals surface area contributed by atoms with Crippen molar-refractivity contribution >= 4 is 34.1 Å². The molecule has 2 aliphatic heterocycles. The lowest BCUT2D eigenvalue weighted by molar-refractivity contribution is -0.117. The second kappa shape index (κ2) is 9.08. The standard InChI is InChI=1S/C27H31ClFN5O2/c1-27(15-36-14-24(27)29)34-5-3-16(4-6-34)21-7-17-9-25(30-11-18(17)8-23(21)28)32-26(35)22-10-20(22)19-12-31-33(2)13-19/h7-9,11-13,16,20,22,24H,3-6,10,14-15H2,1-2H3,(H,30,32,35)/t20?,22?,24-,27+/m1/s1. The Hall–Kier alpha value is -2.55. The molecule has 6 rings (SSSR count). The number of carbonyl (C=O) groups is 1. The highest BCUT2D eigenvalue weighted by atomic mass is 35.5. The number of ether oxygens (including phenoxy) is 1. The lowest BCUT2D eigenvalue weighted by Gasteiger charge is -2.43. The number of hydrogen-bond acceptors (Lipinski definition) is 5. The fraction of sp³-hybridized carbons (Fsp3) is 0.519. The molecule has 1 amide bonds. The molecule has 1 N–H and O–H groups in total. The molecule has 2 unspecified atom stereocenters. The number of alkyl halides is 1. The van der Waals surface area contributed by atoms with Gasteiger partial charge in [0.15, 0.2) is 0 Å². The smallest absolute Gasteiger partial charge is 0.229 e. The Balaban J connectivity index is 1.15. The molecule has 0 bridgehead atoms. The second-order valence-corrected chi connectivity index (χ2v) is 11.2. The Kier molecular flexibility index (Phi) is 6.01. The minimum Gasteiger partial charge on any atom is -0.376 e. The van der Waals surface area contributed by atoms with Crippen LogP contribution in [0.2, 0.25) is 5.02 Å². The number of rotatable bonds is 5. The number of hydrogen-bond donors (Lipinski definition) is 1. The molecule has 4 atom stereocenters. The van der Waals surface area contributed by atoms with Crippen LogP contribution in [0.1, 0.15) is 49.1 Å². The number of likely N-dealkylation sites (tertiary alicyclic amines) is 1. The Morgan fingerprint density at radius 3 is 2.72 bits per heavy atom. The van der Waals surface area contributed by atoms with Crippen LogP contribution in [0, 0.1) is 5.92 Å². The minimum atomic E-state index is -0.949. The van der Waals surface area contributed by atoms with Gasteiger partial charge < -0.3 is 10.1 Å². The molecular formula is C27H31ClFN5O2. The summed E-state index contributed by atoms with van der Waals surface area (Å²) in [6.07, 6.45) is 7.28. The number of nitrogens with one attached hydrogen (secondary N) is 1. The maximum absolute atomic E-state index is 14.5. The lowest BCUT2D eigenvalue weighted by atomic mass is 9.85. The van der Waals surface area contributed by atoms with E-state index in [1.807, 2.05) is 38.5 Å². The molecule has 3 aliphatic rings. The molecule has 3 fully saturated rings. The third-order valence-electron chi connectivity index (χ3n) is 8.36. The molecule has 2 aromatic heterocycles. The number of fused-ring (bicyclic) bond motifs is 1. The zero-order chi connectivity index (χ0) is 25.0. The van der Waals surface area contributed by atoms with Crippen molar-refractivity contribution in [2.45, 2.75) is 49.7 Å². The van der Waals surface area contributed by atoms with Gasteiger partial charge in [-0.2, -0.15) is 5.10 Å². The zero-order valence-electron chi connectivity index (χ0n) is 20.6. The number of pyridine rings is 1. The maximum Gasteiger partial charge on any atom is 0.229 e. The van der Waals surface area contributed by atoms with E-state index in [1.165, 1.54) is 0 Å². The van der Waals surface area contributed by atoms with E-state index >= 15 is 0 Å². The monoisotopic (exact) mass is 511 g/mol. The van der Waals surface area contributed by atoms with Crippen LogP contribution in [-0.4, -0.2) is 63.6 Å². The molecule has 1 aliphatic carbocycles. The predicted octanol–water partition coefficient (Wildman–Crippen LogP) is 4.67. The average Bonchev–Trinajstić information content (AvgIpc) is 3.44. The van der Waals surface area contributed by atoms with E-state index in [-0.39, 0.29) is 24.3 Å². The normalized spacial score (nSPS) is 29.1. The first-order valence-electron chi connectivity index (χ1n) is 12.7. The molecule has 1 aromatic carbocycles. The van der Waals surface area contributed by atoms with Crippen LogP contribution in [0.5, 0.6) is 0 Å². The Morgan fingerprint density at radius 2 is 2.03 bits per heavy atom. The summed E-state index contributed by atoms with van der Waals surface area (Å²) in [5.41, 5.74) is 1.68. The van der Waals surface area contributed by atoms with Crippen molar-refractivity contribution in [3.05, 3.63) is 52.9 Å². The van der Waals surface area contributed by atoms with Crippen LogP contribution >= 0.6 is 11.6 Å². The number of aromatic nitrogens is 3.